The lowest BCUT2D eigenvalue weighted by Crippen LogP contribution is -2.24. The number of benzene rings is 1. The van der Waals surface area contributed by atoms with E-state index in [1.165, 1.54) is 0 Å². The molecular formula is C20H24ClN5O4. The Bertz CT molecular complexity index is 1020. The van der Waals surface area contributed by atoms with Crippen LogP contribution in [0.2, 0.25) is 5.15 Å². The van der Waals surface area contributed by atoms with Gasteiger partial charge in [0.1, 0.15) is 10.7 Å². The van der Waals surface area contributed by atoms with E-state index in [9.17, 15) is 4.79 Å². The average Bonchev–Trinajstić information content (AvgIpc) is 3.14. The molecule has 30 heavy (non-hydrogen) atoms. The molecule has 0 atom stereocenters. The van der Waals surface area contributed by atoms with E-state index in [1.807, 2.05) is 16.7 Å². The van der Waals surface area contributed by atoms with Crippen LogP contribution in [0.5, 0.6) is 11.5 Å². The summed E-state index contributed by atoms with van der Waals surface area (Å²) in [5.74, 6) is 1.24. The summed E-state index contributed by atoms with van der Waals surface area (Å²) >= 11 is 5.97. The van der Waals surface area contributed by atoms with Crippen molar-refractivity contribution in [3.8, 4) is 11.5 Å². The first-order valence-electron chi connectivity index (χ1n) is 9.40. The maximum atomic E-state index is 11.9. The number of nitrogen functional groups attached to an aromatic ring is 1. The molecule has 0 aliphatic carbocycles. The molecule has 2 heterocycles. The fourth-order valence-corrected chi connectivity index (χ4v) is 3.15. The molecule has 0 saturated carbocycles. The Morgan fingerprint density at radius 3 is 2.77 bits per heavy atom. The van der Waals surface area contributed by atoms with Crippen molar-refractivity contribution < 1.29 is 19.0 Å². The molecule has 2 aromatic heterocycles. The van der Waals surface area contributed by atoms with Crippen molar-refractivity contribution in [1.82, 2.24) is 19.9 Å². The van der Waals surface area contributed by atoms with Gasteiger partial charge in [0.25, 0.3) is 0 Å². The number of alkyl carbamates (subject to hydrolysis) is 1. The number of carbonyl (C=O) groups is 1. The second-order valence-electron chi connectivity index (χ2n) is 6.53. The number of carbonyl (C=O) groups excluding carboxylic acids is 1. The fraction of sp³-hybridized carbons (Fsp3) is 0.350. The summed E-state index contributed by atoms with van der Waals surface area (Å²) in [5.41, 5.74) is 8.56. The molecule has 1 amide bonds. The number of fused-ring (bicyclic) bond motifs is 1. The topological polar surface area (TPSA) is 114 Å². The zero-order valence-electron chi connectivity index (χ0n) is 16.9. The Morgan fingerprint density at radius 1 is 1.20 bits per heavy atom. The third kappa shape index (κ3) is 5.24. The number of methoxy groups -OCH3 is 2. The predicted molar refractivity (Wildman–Crippen MR) is 114 cm³/mol. The number of aromatic nitrogens is 3. The molecule has 0 radical (unpaired) electrons. The molecule has 0 bridgehead atoms. The van der Waals surface area contributed by atoms with Crippen LogP contribution in [0.1, 0.15) is 18.4 Å². The number of rotatable bonds is 9. The van der Waals surface area contributed by atoms with E-state index >= 15 is 0 Å². The van der Waals surface area contributed by atoms with Crippen LogP contribution in [0.4, 0.5) is 10.5 Å². The van der Waals surface area contributed by atoms with E-state index in [0.29, 0.717) is 59.6 Å². The molecule has 3 N–H and O–H groups in total. The van der Waals surface area contributed by atoms with Crippen LogP contribution >= 0.6 is 11.6 Å². The number of hydrogen-bond acceptors (Lipinski definition) is 7. The first-order chi connectivity index (χ1) is 14.5. The van der Waals surface area contributed by atoms with Gasteiger partial charge in [0.2, 0.25) is 0 Å². The second kappa shape index (κ2) is 10.0. The molecule has 3 rings (SSSR count). The summed E-state index contributed by atoms with van der Waals surface area (Å²) in [6.45, 7) is 1.30. The Labute approximate surface area is 179 Å². The molecule has 0 fully saturated rings. The highest BCUT2D eigenvalue weighted by molar-refractivity contribution is 6.30. The first kappa shape index (κ1) is 21.5. The number of halogens is 1. The van der Waals surface area contributed by atoms with Gasteiger partial charge in [-0.3, -0.25) is 0 Å². The maximum absolute atomic E-state index is 11.9. The highest BCUT2D eigenvalue weighted by Crippen LogP contribution is 2.27. The minimum atomic E-state index is -0.473. The van der Waals surface area contributed by atoms with Gasteiger partial charge in [-0.05, 0) is 30.5 Å². The van der Waals surface area contributed by atoms with Gasteiger partial charge in [-0.1, -0.05) is 17.7 Å². The van der Waals surface area contributed by atoms with E-state index in [2.05, 4.69) is 15.3 Å². The highest BCUT2D eigenvalue weighted by atomic mass is 35.5. The number of nitrogens with zero attached hydrogens (tertiary/aromatic N) is 3. The zero-order valence-corrected chi connectivity index (χ0v) is 17.6. The molecule has 160 valence electrons. The van der Waals surface area contributed by atoms with E-state index in [1.54, 1.807) is 32.7 Å². The quantitative estimate of drug-likeness (QED) is 0.392. The van der Waals surface area contributed by atoms with Crippen LogP contribution in [0.3, 0.4) is 0 Å². The molecule has 0 saturated heterocycles. The van der Waals surface area contributed by atoms with Crippen molar-refractivity contribution in [3.05, 3.63) is 41.3 Å². The predicted octanol–water partition coefficient (Wildman–Crippen LogP) is 3.39. The molecule has 1 aromatic carbocycles. The van der Waals surface area contributed by atoms with Crippen LogP contribution in [0.15, 0.2) is 30.6 Å². The Kier molecular flexibility index (Phi) is 7.18. The molecule has 0 unspecified atom stereocenters. The van der Waals surface area contributed by atoms with Gasteiger partial charge in [-0.15, -0.1) is 0 Å². The van der Waals surface area contributed by atoms with Crippen molar-refractivity contribution in [2.45, 2.75) is 25.9 Å². The Balaban J connectivity index is 1.39. The summed E-state index contributed by atoms with van der Waals surface area (Å²) in [5, 5.41) is 3.05. The summed E-state index contributed by atoms with van der Waals surface area (Å²) in [6, 6.07) is 7.03. The van der Waals surface area contributed by atoms with Gasteiger partial charge in [-0.25, -0.2) is 14.8 Å². The van der Waals surface area contributed by atoms with Crippen molar-refractivity contribution in [2.24, 2.45) is 0 Å². The van der Waals surface area contributed by atoms with Gasteiger partial charge in [0.05, 0.1) is 32.8 Å². The lowest BCUT2D eigenvalue weighted by atomic mass is 10.2. The van der Waals surface area contributed by atoms with Crippen molar-refractivity contribution >= 4 is 34.5 Å². The van der Waals surface area contributed by atoms with E-state index in [4.69, 9.17) is 31.5 Å². The van der Waals surface area contributed by atoms with Crippen LogP contribution in [-0.4, -0.2) is 41.5 Å². The Morgan fingerprint density at radius 2 is 2.00 bits per heavy atom. The molecule has 0 aliphatic rings. The summed E-state index contributed by atoms with van der Waals surface area (Å²) in [6.07, 6.45) is 2.68. The smallest absolute Gasteiger partial charge is 0.407 e. The van der Waals surface area contributed by atoms with Gasteiger partial charge in [-0.2, -0.15) is 0 Å². The van der Waals surface area contributed by atoms with Crippen LogP contribution in [0.25, 0.3) is 11.2 Å². The third-order valence-electron chi connectivity index (χ3n) is 4.48. The van der Waals surface area contributed by atoms with Crippen molar-refractivity contribution in [2.75, 3.05) is 26.6 Å². The molecule has 0 spiro atoms. The molecule has 0 aliphatic heterocycles. The van der Waals surface area contributed by atoms with E-state index < -0.39 is 6.09 Å². The summed E-state index contributed by atoms with van der Waals surface area (Å²) in [4.78, 5) is 20.4. The number of imidazole rings is 1. The Hall–Kier alpha value is -3.20. The monoisotopic (exact) mass is 433 g/mol. The largest absolute Gasteiger partial charge is 0.493 e. The van der Waals surface area contributed by atoms with Crippen LogP contribution in [0, 0.1) is 0 Å². The lowest BCUT2D eigenvalue weighted by Gasteiger charge is -2.11. The second-order valence-corrected chi connectivity index (χ2v) is 6.92. The number of amides is 1. The van der Waals surface area contributed by atoms with Crippen molar-refractivity contribution in [3.63, 3.8) is 0 Å². The number of pyridine rings is 1. The maximum Gasteiger partial charge on any atom is 0.407 e. The van der Waals surface area contributed by atoms with Gasteiger partial charge in [0, 0.05) is 19.2 Å². The van der Waals surface area contributed by atoms with E-state index in [-0.39, 0.29) is 0 Å². The van der Waals surface area contributed by atoms with Crippen LogP contribution < -0.4 is 20.5 Å². The summed E-state index contributed by atoms with van der Waals surface area (Å²) < 4.78 is 17.6. The van der Waals surface area contributed by atoms with Gasteiger partial charge < -0.3 is 29.8 Å². The van der Waals surface area contributed by atoms with Gasteiger partial charge in [0.15, 0.2) is 17.1 Å². The number of anilines is 1. The normalized spacial score (nSPS) is 10.8. The molecular weight excluding hydrogens is 410 g/mol. The SMILES string of the molecule is COc1ccc(CNC(=O)OCCCCn2cnc3c(N)cc(Cl)nc32)cc1OC. The van der Waals surface area contributed by atoms with Crippen molar-refractivity contribution in [1.29, 1.82) is 0 Å². The third-order valence-corrected chi connectivity index (χ3v) is 4.68. The molecule has 10 heteroatoms. The minimum absolute atomic E-state index is 0.306. The zero-order chi connectivity index (χ0) is 21.5. The fourth-order valence-electron chi connectivity index (χ4n) is 2.96. The minimum Gasteiger partial charge on any atom is -0.493 e. The summed E-state index contributed by atoms with van der Waals surface area (Å²) in [7, 11) is 3.14. The number of ether oxygens (including phenoxy) is 3. The standard InChI is InChI=1S/C20H24ClN5O4/c1-28-15-6-5-13(9-16(15)29-2)11-23-20(27)30-8-4-3-7-26-12-24-18-14(22)10-17(21)25-19(18)26/h5-6,9-10,12H,3-4,7-8,11H2,1-2H3,(H2,22,25)(H,23,27). The average molecular weight is 434 g/mol. The molecule has 3 aromatic rings. The lowest BCUT2D eigenvalue weighted by molar-refractivity contribution is 0.143. The number of aryl methyl sites for hydroxylation is 1. The number of unbranched alkanes of at least 4 members (excludes halogenated alkanes) is 1. The molecule has 9 nitrogen and oxygen atoms in total. The van der Waals surface area contributed by atoms with Crippen LogP contribution in [-0.2, 0) is 17.8 Å². The number of hydrogen-bond donors (Lipinski definition) is 2. The number of nitrogens with two attached hydrogens (primary N) is 1. The number of nitrogens with one attached hydrogen (secondary N) is 1. The van der Waals surface area contributed by atoms with Gasteiger partial charge >= 0.3 is 6.09 Å². The first-order valence-corrected chi connectivity index (χ1v) is 9.78. The van der Waals surface area contributed by atoms with E-state index in [0.717, 1.165) is 12.0 Å². The highest BCUT2D eigenvalue weighted by Gasteiger charge is 2.09.